The van der Waals surface area contributed by atoms with Crippen molar-refractivity contribution in [2.24, 2.45) is 4.99 Å². The van der Waals surface area contributed by atoms with E-state index in [1.54, 1.807) is 6.20 Å². The molecule has 4 nitrogen and oxygen atoms in total. The SMILES string of the molecule is C1=Nc2cccnc2C2=C(C1)CNN2. The standard InChI is InChI=1S/C10H10N4/c1-2-8-10(12-4-1)9-7(3-5-11-8)6-13-14-9/h1-2,4-5,13-14H,3,6H2. The smallest absolute Gasteiger partial charge is 0.113 e. The van der Waals surface area contributed by atoms with Gasteiger partial charge in [-0.1, -0.05) is 0 Å². The largest absolute Gasteiger partial charge is 0.319 e. The van der Waals surface area contributed by atoms with Crippen molar-refractivity contribution in [3.63, 3.8) is 0 Å². The van der Waals surface area contributed by atoms with Crippen LogP contribution in [0.3, 0.4) is 0 Å². The molecule has 70 valence electrons. The van der Waals surface area contributed by atoms with Gasteiger partial charge < -0.3 is 5.43 Å². The zero-order chi connectivity index (χ0) is 9.38. The van der Waals surface area contributed by atoms with Gasteiger partial charge in [-0.3, -0.25) is 9.98 Å². The Morgan fingerprint density at radius 2 is 2.36 bits per heavy atom. The lowest BCUT2D eigenvalue weighted by Crippen LogP contribution is -2.23. The van der Waals surface area contributed by atoms with E-state index in [1.165, 1.54) is 5.57 Å². The zero-order valence-corrected chi connectivity index (χ0v) is 7.62. The summed E-state index contributed by atoms with van der Waals surface area (Å²) in [5.74, 6) is 0. The molecule has 0 unspecified atom stereocenters. The zero-order valence-electron chi connectivity index (χ0n) is 7.62. The number of hydrogen-bond acceptors (Lipinski definition) is 4. The number of aromatic nitrogens is 1. The van der Waals surface area contributed by atoms with Crippen molar-refractivity contribution in [3.05, 3.63) is 29.6 Å². The van der Waals surface area contributed by atoms with Crippen LogP contribution in [-0.4, -0.2) is 17.7 Å². The Hall–Kier alpha value is -1.68. The second kappa shape index (κ2) is 2.92. The number of rotatable bonds is 0. The molecular weight excluding hydrogens is 176 g/mol. The second-order valence-electron chi connectivity index (χ2n) is 3.34. The summed E-state index contributed by atoms with van der Waals surface area (Å²) in [6.45, 7) is 0.872. The summed E-state index contributed by atoms with van der Waals surface area (Å²) < 4.78 is 0. The van der Waals surface area contributed by atoms with Crippen LogP contribution >= 0.6 is 0 Å². The maximum Gasteiger partial charge on any atom is 0.113 e. The fourth-order valence-corrected chi connectivity index (χ4v) is 1.76. The Kier molecular flexibility index (Phi) is 1.61. The Balaban J connectivity index is 2.22. The van der Waals surface area contributed by atoms with E-state index < -0.39 is 0 Å². The molecule has 1 aromatic heterocycles. The fraction of sp³-hybridized carbons (Fsp3) is 0.200. The van der Waals surface area contributed by atoms with Crippen LogP contribution in [0.15, 0.2) is 28.9 Å². The van der Waals surface area contributed by atoms with E-state index in [0.717, 1.165) is 30.0 Å². The summed E-state index contributed by atoms with van der Waals surface area (Å²) in [5, 5.41) is 0. The topological polar surface area (TPSA) is 49.3 Å². The molecule has 1 aromatic rings. The molecule has 0 bridgehead atoms. The molecule has 2 N–H and O–H groups in total. The molecule has 4 heteroatoms. The van der Waals surface area contributed by atoms with E-state index in [0.29, 0.717) is 0 Å². The van der Waals surface area contributed by atoms with Crippen LogP contribution in [0.2, 0.25) is 0 Å². The number of nitrogens with one attached hydrogen (secondary N) is 2. The fourth-order valence-electron chi connectivity index (χ4n) is 1.76. The highest BCUT2D eigenvalue weighted by Gasteiger charge is 2.19. The van der Waals surface area contributed by atoms with Crippen LogP contribution in [0, 0.1) is 0 Å². The van der Waals surface area contributed by atoms with Gasteiger partial charge >= 0.3 is 0 Å². The average Bonchev–Trinajstić information content (AvgIpc) is 2.61. The first-order valence-electron chi connectivity index (χ1n) is 4.64. The highest BCUT2D eigenvalue weighted by molar-refractivity contribution is 5.82. The van der Waals surface area contributed by atoms with Gasteiger partial charge in [-0.05, 0) is 17.7 Å². The van der Waals surface area contributed by atoms with Crippen LogP contribution in [-0.2, 0) is 0 Å². The van der Waals surface area contributed by atoms with Crippen molar-refractivity contribution < 1.29 is 0 Å². The average molecular weight is 186 g/mol. The number of hydrazine groups is 1. The summed E-state index contributed by atoms with van der Waals surface area (Å²) in [6, 6.07) is 3.89. The van der Waals surface area contributed by atoms with Gasteiger partial charge in [-0.2, -0.15) is 0 Å². The molecule has 3 heterocycles. The summed E-state index contributed by atoms with van der Waals surface area (Å²) in [7, 11) is 0. The monoisotopic (exact) mass is 186 g/mol. The Bertz CT molecular complexity index is 434. The minimum Gasteiger partial charge on any atom is -0.319 e. The second-order valence-corrected chi connectivity index (χ2v) is 3.34. The molecule has 0 fully saturated rings. The summed E-state index contributed by atoms with van der Waals surface area (Å²) >= 11 is 0. The van der Waals surface area contributed by atoms with Crippen molar-refractivity contribution in [1.29, 1.82) is 0 Å². The van der Waals surface area contributed by atoms with Gasteiger partial charge in [0.25, 0.3) is 0 Å². The van der Waals surface area contributed by atoms with Gasteiger partial charge in [0.2, 0.25) is 0 Å². The lowest BCUT2D eigenvalue weighted by atomic mass is 10.1. The van der Waals surface area contributed by atoms with Crippen molar-refractivity contribution >= 4 is 17.6 Å². The van der Waals surface area contributed by atoms with Crippen LogP contribution < -0.4 is 10.9 Å². The lowest BCUT2D eigenvalue weighted by Gasteiger charge is -2.05. The van der Waals surface area contributed by atoms with Gasteiger partial charge in [0.1, 0.15) is 5.69 Å². The summed E-state index contributed by atoms with van der Waals surface area (Å²) in [6.07, 6.45) is 4.63. The van der Waals surface area contributed by atoms with E-state index in [4.69, 9.17) is 0 Å². The number of pyridine rings is 1. The molecule has 2 aliphatic heterocycles. The highest BCUT2D eigenvalue weighted by atomic mass is 15.4. The maximum atomic E-state index is 4.37. The molecule has 0 saturated heterocycles. The molecule has 0 atom stereocenters. The van der Waals surface area contributed by atoms with E-state index in [9.17, 15) is 0 Å². The van der Waals surface area contributed by atoms with Gasteiger partial charge in [0.15, 0.2) is 0 Å². The molecule has 0 radical (unpaired) electrons. The normalized spacial score (nSPS) is 18.6. The predicted octanol–water partition coefficient (Wildman–Crippen LogP) is 1.01. The van der Waals surface area contributed by atoms with Crippen LogP contribution in [0.25, 0.3) is 5.70 Å². The van der Waals surface area contributed by atoms with Crippen molar-refractivity contribution in [2.45, 2.75) is 6.42 Å². The Morgan fingerprint density at radius 3 is 3.36 bits per heavy atom. The number of aliphatic imine (C=N–C) groups is 1. The van der Waals surface area contributed by atoms with Crippen LogP contribution in [0.4, 0.5) is 5.69 Å². The quantitative estimate of drug-likeness (QED) is 0.635. The maximum absolute atomic E-state index is 4.37. The molecule has 14 heavy (non-hydrogen) atoms. The highest BCUT2D eigenvalue weighted by Crippen LogP contribution is 2.29. The van der Waals surface area contributed by atoms with E-state index in [1.807, 2.05) is 18.3 Å². The third-order valence-electron chi connectivity index (χ3n) is 2.46. The van der Waals surface area contributed by atoms with E-state index >= 15 is 0 Å². The van der Waals surface area contributed by atoms with Crippen LogP contribution in [0.1, 0.15) is 12.1 Å². The summed E-state index contributed by atoms with van der Waals surface area (Å²) in [4.78, 5) is 8.72. The van der Waals surface area contributed by atoms with E-state index in [-0.39, 0.29) is 0 Å². The van der Waals surface area contributed by atoms with Crippen LogP contribution in [0.5, 0.6) is 0 Å². The molecule has 0 spiro atoms. The first-order chi connectivity index (χ1) is 6.95. The van der Waals surface area contributed by atoms with Gasteiger partial charge in [-0.25, -0.2) is 5.43 Å². The molecule has 0 amide bonds. The lowest BCUT2D eigenvalue weighted by molar-refractivity contribution is 0.728. The molecular formula is C10H10N4. The molecule has 2 aliphatic rings. The van der Waals surface area contributed by atoms with Gasteiger partial charge in [0, 0.05) is 25.4 Å². The first-order valence-corrected chi connectivity index (χ1v) is 4.64. The minimum atomic E-state index is 0.872. The predicted molar refractivity (Wildman–Crippen MR) is 55.1 cm³/mol. The molecule has 0 saturated carbocycles. The number of fused-ring (bicyclic) bond motifs is 2. The Morgan fingerprint density at radius 1 is 1.36 bits per heavy atom. The number of nitrogens with zero attached hydrogens (tertiary/aromatic N) is 2. The van der Waals surface area contributed by atoms with Crippen molar-refractivity contribution in [2.75, 3.05) is 6.54 Å². The third kappa shape index (κ3) is 1.04. The summed E-state index contributed by atoms with van der Waals surface area (Å²) in [5.41, 5.74) is 10.6. The van der Waals surface area contributed by atoms with Crippen molar-refractivity contribution in [1.82, 2.24) is 15.8 Å². The Labute approximate surface area is 81.7 Å². The number of hydrogen-bond donors (Lipinski definition) is 2. The van der Waals surface area contributed by atoms with E-state index in [2.05, 4.69) is 20.8 Å². The first kappa shape index (κ1) is 7.70. The van der Waals surface area contributed by atoms with Gasteiger partial charge in [0.05, 0.1) is 11.4 Å². The van der Waals surface area contributed by atoms with Crippen molar-refractivity contribution in [3.8, 4) is 0 Å². The minimum absolute atomic E-state index is 0.872. The molecule has 0 aliphatic carbocycles. The third-order valence-corrected chi connectivity index (χ3v) is 2.46. The molecule has 0 aromatic carbocycles. The van der Waals surface area contributed by atoms with Gasteiger partial charge in [-0.15, -0.1) is 0 Å². The molecule has 3 rings (SSSR count).